The van der Waals surface area contributed by atoms with Crippen LogP contribution in [0.2, 0.25) is 0 Å². The fraction of sp³-hybridized carbons (Fsp3) is 0.435. The number of hydrogen-bond donors (Lipinski definition) is 1. The lowest BCUT2D eigenvalue weighted by molar-refractivity contribution is 0.267. The molecule has 2 unspecified atom stereocenters. The average molecular weight is 404 g/mol. The first kappa shape index (κ1) is 20.3. The van der Waals surface area contributed by atoms with E-state index in [1.807, 2.05) is 48.4 Å². The van der Waals surface area contributed by atoms with E-state index in [2.05, 4.69) is 57.3 Å². The Bertz CT molecular complexity index is 992. The van der Waals surface area contributed by atoms with Crippen molar-refractivity contribution >= 4 is 5.57 Å². The zero-order valence-corrected chi connectivity index (χ0v) is 17.9. The van der Waals surface area contributed by atoms with E-state index in [1.54, 1.807) is 0 Å². The van der Waals surface area contributed by atoms with Crippen LogP contribution in [0.3, 0.4) is 0 Å². The highest BCUT2D eigenvalue weighted by Crippen LogP contribution is 2.36. The van der Waals surface area contributed by atoms with Crippen LogP contribution in [-0.4, -0.2) is 30.2 Å². The zero-order chi connectivity index (χ0) is 21.1. The van der Waals surface area contributed by atoms with Gasteiger partial charge >= 0.3 is 0 Å². The molecular weight excluding hydrogens is 374 g/mol. The van der Waals surface area contributed by atoms with Crippen molar-refractivity contribution in [3.63, 3.8) is 0 Å². The maximum Gasteiger partial charge on any atom is 0.173 e. The van der Waals surface area contributed by atoms with Gasteiger partial charge in [0.25, 0.3) is 0 Å². The predicted molar refractivity (Wildman–Crippen MR) is 116 cm³/mol. The van der Waals surface area contributed by atoms with E-state index >= 15 is 0 Å². The Morgan fingerprint density at radius 1 is 1.20 bits per heavy atom. The number of aromatic nitrogens is 6. The van der Waals surface area contributed by atoms with Gasteiger partial charge in [-0.25, -0.2) is 4.68 Å². The molecular formula is C23H29N7. The monoisotopic (exact) mass is 403 g/mol. The van der Waals surface area contributed by atoms with Gasteiger partial charge in [-0.15, -0.1) is 5.10 Å². The molecule has 0 amide bonds. The van der Waals surface area contributed by atoms with Gasteiger partial charge in [-0.2, -0.15) is 0 Å². The molecule has 1 saturated carbocycles. The molecule has 4 rings (SSSR count). The van der Waals surface area contributed by atoms with E-state index in [0.717, 1.165) is 41.1 Å². The van der Waals surface area contributed by atoms with Crippen LogP contribution in [0, 0.1) is 5.92 Å². The Morgan fingerprint density at radius 3 is 2.67 bits per heavy atom. The molecule has 7 nitrogen and oxygen atoms in total. The summed E-state index contributed by atoms with van der Waals surface area (Å²) in [6, 6.07) is 8.27. The van der Waals surface area contributed by atoms with Gasteiger partial charge in [0.15, 0.2) is 5.82 Å². The second-order valence-electron chi connectivity index (χ2n) is 8.39. The van der Waals surface area contributed by atoms with Crippen LogP contribution in [0.25, 0.3) is 5.57 Å². The first-order chi connectivity index (χ1) is 14.6. The minimum absolute atomic E-state index is 0.0360. The van der Waals surface area contributed by atoms with Crippen molar-refractivity contribution in [2.24, 2.45) is 5.92 Å². The van der Waals surface area contributed by atoms with Gasteiger partial charge in [-0.1, -0.05) is 26.5 Å². The number of hydrogen-bond acceptors (Lipinski definition) is 6. The Labute approximate surface area is 177 Å². The van der Waals surface area contributed by atoms with Crippen molar-refractivity contribution < 1.29 is 0 Å². The summed E-state index contributed by atoms with van der Waals surface area (Å²) in [6.07, 6.45) is 8.97. The van der Waals surface area contributed by atoms with Crippen molar-refractivity contribution in [1.29, 1.82) is 0 Å². The summed E-state index contributed by atoms with van der Waals surface area (Å²) >= 11 is 0. The quantitative estimate of drug-likeness (QED) is 0.604. The minimum Gasteiger partial charge on any atom is -0.295 e. The fourth-order valence-corrected chi connectivity index (χ4v) is 3.96. The summed E-state index contributed by atoms with van der Waals surface area (Å²) in [6.45, 7) is 10.6. The van der Waals surface area contributed by atoms with Crippen LogP contribution < -0.4 is 5.32 Å². The van der Waals surface area contributed by atoms with Gasteiger partial charge in [0.2, 0.25) is 0 Å². The lowest BCUT2D eigenvalue weighted by atomic mass is 9.91. The third kappa shape index (κ3) is 4.03. The highest BCUT2D eigenvalue weighted by molar-refractivity contribution is 5.64. The van der Waals surface area contributed by atoms with Crippen molar-refractivity contribution in [2.45, 2.75) is 58.2 Å². The Kier molecular flexibility index (Phi) is 5.99. The smallest absolute Gasteiger partial charge is 0.173 e. The number of nitrogens with zero attached hydrogens (tertiary/aromatic N) is 6. The molecule has 0 saturated heterocycles. The van der Waals surface area contributed by atoms with E-state index in [9.17, 15) is 0 Å². The van der Waals surface area contributed by atoms with Crippen molar-refractivity contribution in [1.82, 2.24) is 35.5 Å². The molecule has 3 aromatic heterocycles. The second kappa shape index (κ2) is 8.83. The van der Waals surface area contributed by atoms with Crippen LogP contribution in [0.1, 0.15) is 80.8 Å². The predicted octanol–water partition coefficient (Wildman–Crippen LogP) is 4.30. The van der Waals surface area contributed by atoms with Crippen molar-refractivity contribution in [3.8, 4) is 0 Å². The summed E-state index contributed by atoms with van der Waals surface area (Å²) < 4.78 is 2.00. The molecule has 0 spiro atoms. The molecule has 1 aliphatic rings. The highest BCUT2D eigenvalue weighted by Gasteiger charge is 2.32. The SMILES string of the molecule is C=C(C)c1cnccc1C(NC(c1ccccn1)C(C)C)c1nnnn1C1CCC1. The summed E-state index contributed by atoms with van der Waals surface area (Å²) in [4.78, 5) is 8.95. The largest absolute Gasteiger partial charge is 0.295 e. The Morgan fingerprint density at radius 2 is 2.03 bits per heavy atom. The molecule has 30 heavy (non-hydrogen) atoms. The Balaban J connectivity index is 1.80. The minimum atomic E-state index is -0.204. The van der Waals surface area contributed by atoms with Gasteiger partial charge < -0.3 is 0 Å². The number of rotatable bonds is 8. The van der Waals surface area contributed by atoms with Crippen molar-refractivity contribution in [3.05, 3.63) is 72.1 Å². The third-order valence-corrected chi connectivity index (χ3v) is 5.84. The van der Waals surface area contributed by atoms with E-state index < -0.39 is 0 Å². The molecule has 0 bridgehead atoms. The summed E-state index contributed by atoms with van der Waals surface area (Å²) in [5.74, 6) is 1.15. The number of allylic oxidation sites excluding steroid dienone is 1. The lowest BCUT2D eigenvalue weighted by Gasteiger charge is -2.32. The first-order valence-electron chi connectivity index (χ1n) is 10.6. The van der Waals surface area contributed by atoms with Crippen LogP contribution in [0.15, 0.2) is 49.4 Å². The number of tetrazole rings is 1. The third-order valence-electron chi connectivity index (χ3n) is 5.84. The molecule has 0 radical (unpaired) electrons. The van der Waals surface area contributed by atoms with Gasteiger partial charge in [-0.3, -0.25) is 15.3 Å². The molecule has 3 aromatic rings. The maximum atomic E-state index is 4.62. The molecule has 7 heteroatoms. The molecule has 156 valence electrons. The molecule has 3 heterocycles. The molecule has 1 N–H and O–H groups in total. The van der Waals surface area contributed by atoms with E-state index in [-0.39, 0.29) is 12.1 Å². The van der Waals surface area contributed by atoms with Gasteiger partial charge in [0.1, 0.15) is 0 Å². The summed E-state index contributed by atoms with van der Waals surface area (Å²) in [7, 11) is 0. The van der Waals surface area contributed by atoms with Crippen LogP contribution in [0.4, 0.5) is 0 Å². The average Bonchev–Trinajstić information content (AvgIpc) is 3.16. The van der Waals surface area contributed by atoms with Crippen LogP contribution in [-0.2, 0) is 0 Å². The topological polar surface area (TPSA) is 81.4 Å². The fourth-order valence-electron chi connectivity index (χ4n) is 3.96. The first-order valence-corrected chi connectivity index (χ1v) is 10.6. The zero-order valence-electron chi connectivity index (χ0n) is 17.9. The molecule has 1 fully saturated rings. The standard InChI is InChI=1S/C23H29N7/c1-15(2)19-14-24-13-11-18(19)22(23-27-28-29-30(23)17-8-7-9-17)26-21(16(3)4)20-10-5-6-12-25-20/h5-6,10-14,16-17,21-22,26H,1,7-9H2,2-4H3. The maximum absolute atomic E-state index is 4.62. The van der Waals surface area contributed by atoms with E-state index in [4.69, 9.17) is 0 Å². The molecule has 2 atom stereocenters. The summed E-state index contributed by atoms with van der Waals surface area (Å²) in [5.41, 5.74) is 4.06. The lowest BCUT2D eigenvalue weighted by Crippen LogP contribution is -2.34. The van der Waals surface area contributed by atoms with Gasteiger partial charge in [0, 0.05) is 24.2 Å². The molecule has 0 aromatic carbocycles. The van der Waals surface area contributed by atoms with Crippen LogP contribution in [0.5, 0.6) is 0 Å². The van der Waals surface area contributed by atoms with Gasteiger partial charge in [0.05, 0.1) is 23.8 Å². The van der Waals surface area contributed by atoms with Gasteiger partial charge in [-0.05, 0) is 71.9 Å². The Hall–Kier alpha value is -2.93. The summed E-state index contributed by atoms with van der Waals surface area (Å²) in [5, 5.41) is 16.7. The highest BCUT2D eigenvalue weighted by atomic mass is 15.6. The second-order valence-corrected chi connectivity index (χ2v) is 8.39. The van der Waals surface area contributed by atoms with E-state index in [0.29, 0.717) is 12.0 Å². The van der Waals surface area contributed by atoms with Crippen molar-refractivity contribution in [2.75, 3.05) is 0 Å². The number of nitrogens with one attached hydrogen (secondary N) is 1. The van der Waals surface area contributed by atoms with E-state index in [1.165, 1.54) is 6.42 Å². The molecule has 1 aliphatic carbocycles. The molecule has 0 aliphatic heterocycles. The number of pyridine rings is 2. The normalized spacial score (nSPS) is 16.3. The van der Waals surface area contributed by atoms with Crippen LogP contribution >= 0.6 is 0 Å².